The third-order valence-corrected chi connectivity index (χ3v) is 3.09. The minimum Gasteiger partial charge on any atom is -0.351 e. The molecule has 17 heavy (non-hydrogen) atoms. The molecule has 0 saturated carbocycles. The van der Waals surface area contributed by atoms with Crippen molar-refractivity contribution in [2.24, 2.45) is 5.92 Å². The van der Waals surface area contributed by atoms with Crippen LogP contribution in [0.4, 0.5) is 0 Å². The van der Waals surface area contributed by atoms with Gasteiger partial charge in [-0.25, -0.2) is 0 Å². The van der Waals surface area contributed by atoms with E-state index in [2.05, 4.69) is 5.32 Å². The van der Waals surface area contributed by atoms with Crippen molar-refractivity contribution in [2.75, 3.05) is 13.2 Å². The van der Waals surface area contributed by atoms with Crippen molar-refractivity contribution in [3.05, 3.63) is 0 Å². The predicted octanol–water partition coefficient (Wildman–Crippen LogP) is 1.91. The maximum atomic E-state index is 11.5. The molecule has 0 spiro atoms. The number of amides is 1. The molecule has 1 heterocycles. The van der Waals surface area contributed by atoms with Gasteiger partial charge in [-0.15, -0.1) is 11.6 Å². The first kappa shape index (κ1) is 14.7. The summed E-state index contributed by atoms with van der Waals surface area (Å²) in [5, 5.41) is 2.66. The molecule has 0 aliphatic carbocycles. The Labute approximate surface area is 108 Å². The van der Waals surface area contributed by atoms with E-state index >= 15 is 0 Å². The summed E-state index contributed by atoms with van der Waals surface area (Å²) in [5.74, 6) is 0.304. The second-order valence-corrected chi connectivity index (χ2v) is 5.28. The molecule has 0 aromatic carbocycles. The lowest BCUT2D eigenvalue weighted by molar-refractivity contribution is -0.152. The molecule has 100 valence electrons. The first-order valence-corrected chi connectivity index (χ1v) is 6.64. The van der Waals surface area contributed by atoms with Gasteiger partial charge in [0, 0.05) is 12.3 Å². The van der Waals surface area contributed by atoms with Crippen LogP contribution in [0.1, 0.15) is 33.6 Å². The van der Waals surface area contributed by atoms with E-state index in [4.69, 9.17) is 21.1 Å². The summed E-state index contributed by atoms with van der Waals surface area (Å²) < 4.78 is 11.1. The largest absolute Gasteiger partial charge is 0.351 e. The van der Waals surface area contributed by atoms with E-state index in [1.54, 1.807) is 0 Å². The van der Waals surface area contributed by atoms with Gasteiger partial charge in [0.15, 0.2) is 6.29 Å². The molecule has 1 rings (SSSR count). The van der Waals surface area contributed by atoms with E-state index in [0.717, 1.165) is 6.42 Å². The summed E-state index contributed by atoms with van der Waals surface area (Å²) in [6, 6.07) is -0.167. The highest BCUT2D eigenvalue weighted by molar-refractivity contribution is 6.21. The lowest BCUT2D eigenvalue weighted by Crippen LogP contribution is -2.44. The molecular weight excluding hydrogens is 242 g/mol. The molecule has 1 saturated heterocycles. The normalized spacial score (nSPS) is 30.1. The van der Waals surface area contributed by atoms with Crippen molar-refractivity contribution in [3.63, 3.8) is 0 Å². The summed E-state index contributed by atoms with van der Waals surface area (Å²) in [6.07, 6.45) is 1.12. The number of ether oxygens (including phenoxy) is 2. The lowest BCUT2D eigenvalue weighted by Gasteiger charge is -2.20. The Balaban J connectivity index is 2.47. The van der Waals surface area contributed by atoms with Gasteiger partial charge in [0.1, 0.15) is 0 Å². The van der Waals surface area contributed by atoms with Gasteiger partial charge in [-0.3, -0.25) is 4.79 Å². The van der Waals surface area contributed by atoms with Crippen LogP contribution in [-0.2, 0) is 14.3 Å². The number of nitrogens with one attached hydrogen (secondary N) is 1. The van der Waals surface area contributed by atoms with Crippen LogP contribution in [0.2, 0.25) is 0 Å². The van der Waals surface area contributed by atoms with E-state index in [9.17, 15) is 4.79 Å². The Kier molecular flexibility index (Phi) is 6.23. The monoisotopic (exact) mass is 263 g/mol. The average Bonchev–Trinajstić information content (AvgIpc) is 2.43. The number of hydrogen-bond donors (Lipinski definition) is 1. The molecule has 1 N–H and O–H groups in total. The van der Waals surface area contributed by atoms with Gasteiger partial charge in [0.25, 0.3) is 0 Å². The Bertz CT molecular complexity index is 248. The van der Waals surface area contributed by atoms with Gasteiger partial charge in [-0.05, 0) is 6.42 Å². The fourth-order valence-corrected chi connectivity index (χ4v) is 1.89. The van der Waals surface area contributed by atoms with Crippen molar-refractivity contribution in [2.45, 2.75) is 51.3 Å². The molecule has 0 aromatic heterocycles. The number of carbonyl (C=O) groups excluding carboxylic acids is 1. The Hall–Kier alpha value is -0.320. The first-order chi connectivity index (χ1) is 8.04. The molecule has 1 aliphatic heterocycles. The van der Waals surface area contributed by atoms with Crippen LogP contribution >= 0.6 is 11.6 Å². The van der Waals surface area contributed by atoms with Gasteiger partial charge >= 0.3 is 0 Å². The molecular formula is C12H22ClNO3. The van der Waals surface area contributed by atoms with Crippen molar-refractivity contribution in [1.29, 1.82) is 0 Å². The van der Waals surface area contributed by atoms with Crippen LogP contribution < -0.4 is 5.32 Å². The minimum absolute atomic E-state index is 0.0229. The van der Waals surface area contributed by atoms with E-state index in [1.165, 1.54) is 0 Å². The van der Waals surface area contributed by atoms with Crippen LogP contribution in [0, 0.1) is 5.92 Å². The van der Waals surface area contributed by atoms with Crippen LogP contribution in [0.3, 0.4) is 0 Å². The Morgan fingerprint density at radius 1 is 1.41 bits per heavy atom. The van der Waals surface area contributed by atoms with Gasteiger partial charge in [-0.1, -0.05) is 20.8 Å². The van der Waals surface area contributed by atoms with Crippen molar-refractivity contribution < 1.29 is 14.3 Å². The van der Waals surface area contributed by atoms with Crippen LogP contribution in [0.25, 0.3) is 0 Å². The molecule has 5 heteroatoms. The first-order valence-electron chi connectivity index (χ1n) is 6.21. The molecule has 1 aliphatic rings. The third kappa shape index (κ3) is 4.82. The average molecular weight is 264 g/mol. The van der Waals surface area contributed by atoms with E-state index in [0.29, 0.717) is 19.6 Å². The second kappa shape index (κ2) is 7.19. The van der Waals surface area contributed by atoms with Crippen molar-refractivity contribution in [1.82, 2.24) is 5.32 Å². The highest BCUT2D eigenvalue weighted by Gasteiger charge is 2.29. The number of carbonyl (C=O) groups is 1. The predicted molar refractivity (Wildman–Crippen MR) is 67.0 cm³/mol. The van der Waals surface area contributed by atoms with Crippen LogP contribution in [0.15, 0.2) is 0 Å². The van der Waals surface area contributed by atoms with Crippen LogP contribution in [0.5, 0.6) is 0 Å². The quantitative estimate of drug-likeness (QED) is 0.789. The third-order valence-electron chi connectivity index (χ3n) is 2.66. The van der Waals surface area contributed by atoms with Crippen LogP contribution in [-0.4, -0.2) is 36.8 Å². The summed E-state index contributed by atoms with van der Waals surface area (Å²) >= 11 is 6.18. The zero-order valence-electron chi connectivity index (χ0n) is 10.7. The molecule has 3 atom stereocenters. The fraction of sp³-hybridized carbons (Fsp3) is 0.917. The zero-order valence-corrected chi connectivity index (χ0v) is 11.5. The summed E-state index contributed by atoms with van der Waals surface area (Å²) in [4.78, 5) is 11.5. The smallest absolute Gasteiger partial charge is 0.220 e. The number of alkyl halides is 1. The van der Waals surface area contributed by atoms with Gasteiger partial charge in [-0.2, -0.15) is 0 Å². The number of halogens is 1. The van der Waals surface area contributed by atoms with Gasteiger partial charge < -0.3 is 14.8 Å². The highest BCUT2D eigenvalue weighted by atomic mass is 35.5. The van der Waals surface area contributed by atoms with E-state index in [-0.39, 0.29) is 29.5 Å². The summed E-state index contributed by atoms with van der Waals surface area (Å²) in [5.41, 5.74) is 0. The van der Waals surface area contributed by atoms with E-state index in [1.807, 2.05) is 20.8 Å². The number of hydrogen-bond acceptors (Lipinski definition) is 3. The topological polar surface area (TPSA) is 47.6 Å². The van der Waals surface area contributed by atoms with E-state index < -0.39 is 0 Å². The zero-order chi connectivity index (χ0) is 12.8. The molecule has 0 aromatic rings. The highest BCUT2D eigenvalue weighted by Crippen LogP contribution is 2.17. The molecule has 0 bridgehead atoms. The molecule has 4 nitrogen and oxygen atoms in total. The van der Waals surface area contributed by atoms with Crippen molar-refractivity contribution in [3.8, 4) is 0 Å². The minimum atomic E-state index is -0.237. The second-order valence-electron chi connectivity index (χ2n) is 4.72. The standard InChI is InChI=1S/C12H22ClNO3/c1-4-5-11(15)14-10-7-17-12(8(2)3)16-6-9(10)13/h8-10,12H,4-7H2,1-3H3,(H,14,15)/t9-,10-,12?/m0/s1. The molecule has 0 radical (unpaired) electrons. The fourth-order valence-electron chi connectivity index (χ4n) is 1.68. The Morgan fingerprint density at radius 2 is 2.06 bits per heavy atom. The maximum absolute atomic E-state index is 11.5. The molecule has 1 fully saturated rings. The summed E-state index contributed by atoms with van der Waals surface area (Å²) in [7, 11) is 0. The molecule has 1 amide bonds. The molecule has 1 unspecified atom stereocenters. The number of rotatable bonds is 4. The maximum Gasteiger partial charge on any atom is 0.220 e. The summed E-state index contributed by atoms with van der Waals surface area (Å²) in [6.45, 7) is 6.85. The van der Waals surface area contributed by atoms with Gasteiger partial charge in [0.2, 0.25) is 5.91 Å². The van der Waals surface area contributed by atoms with Gasteiger partial charge in [0.05, 0.1) is 24.6 Å². The van der Waals surface area contributed by atoms with Crippen molar-refractivity contribution >= 4 is 17.5 Å². The lowest BCUT2D eigenvalue weighted by atomic mass is 10.2. The Morgan fingerprint density at radius 3 is 2.65 bits per heavy atom. The SMILES string of the molecule is CCCC(=O)N[C@H]1COC(C(C)C)OC[C@@H]1Cl.